The van der Waals surface area contributed by atoms with Crippen molar-refractivity contribution in [3.63, 3.8) is 0 Å². The smallest absolute Gasteiger partial charge is 0.144 e. The van der Waals surface area contributed by atoms with Crippen molar-refractivity contribution >= 4 is 23.1 Å². The third kappa shape index (κ3) is 1.95. The van der Waals surface area contributed by atoms with E-state index in [4.69, 9.17) is 21.7 Å². The lowest BCUT2D eigenvalue weighted by Gasteiger charge is -2.21. The Labute approximate surface area is 123 Å². The van der Waals surface area contributed by atoms with Crippen molar-refractivity contribution in [2.75, 3.05) is 12.0 Å². The Balaban J connectivity index is 2.08. The molecule has 1 heterocycles. The first-order valence-corrected chi connectivity index (χ1v) is 6.78. The van der Waals surface area contributed by atoms with Crippen LogP contribution < -0.4 is 9.64 Å². The van der Waals surface area contributed by atoms with Gasteiger partial charge >= 0.3 is 0 Å². The maximum atomic E-state index is 8.36. The Morgan fingerprint density at radius 1 is 1.25 bits per heavy atom. The lowest BCUT2D eigenvalue weighted by molar-refractivity contribution is 0.415. The molecule has 1 N–H and O–H groups in total. The molecule has 0 bridgehead atoms. The minimum atomic E-state index is 0.501. The Hall–Kier alpha value is -2.00. The molecule has 4 heteroatoms. The van der Waals surface area contributed by atoms with E-state index in [-0.39, 0.29) is 0 Å². The first-order chi connectivity index (χ1) is 9.61. The summed E-state index contributed by atoms with van der Waals surface area (Å²) in [4.78, 5) is 1.95. The quantitative estimate of drug-likeness (QED) is 0.906. The number of hydrogen-bond donors (Lipinski definition) is 1. The largest absolute Gasteiger partial charge is 0.495 e. The highest BCUT2D eigenvalue weighted by atomic mass is 35.5. The van der Waals surface area contributed by atoms with Crippen molar-refractivity contribution in [1.29, 1.82) is 5.41 Å². The van der Waals surface area contributed by atoms with Crippen LogP contribution in [0.15, 0.2) is 36.4 Å². The number of amidine groups is 1. The van der Waals surface area contributed by atoms with Gasteiger partial charge in [0.2, 0.25) is 0 Å². The van der Waals surface area contributed by atoms with Crippen molar-refractivity contribution in [1.82, 2.24) is 0 Å². The van der Waals surface area contributed by atoms with Gasteiger partial charge in [-0.25, -0.2) is 0 Å². The van der Waals surface area contributed by atoms with Gasteiger partial charge in [-0.15, -0.1) is 0 Å². The Kier molecular flexibility index (Phi) is 3.14. The van der Waals surface area contributed by atoms with Gasteiger partial charge in [-0.05, 0) is 24.1 Å². The van der Waals surface area contributed by atoms with Crippen LogP contribution in [-0.4, -0.2) is 12.9 Å². The molecule has 0 saturated heterocycles. The fourth-order valence-electron chi connectivity index (χ4n) is 2.51. The number of fused-ring (bicyclic) bond motifs is 1. The second kappa shape index (κ2) is 4.84. The van der Waals surface area contributed by atoms with Crippen molar-refractivity contribution in [3.05, 3.63) is 58.1 Å². The summed E-state index contributed by atoms with van der Waals surface area (Å²) in [6, 6.07) is 11.8. The van der Waals surface area contributed by atoms with E-state index in [1.165, 1.54) is 0 Å². The van der Waals surface area contributed by atoms with Gasteiger partial charge in [-0.3, -0.25) is 5.41 Å². The van der Waals surface area contributed by atoms with E-state index in [0.717, 1.165) is 22.4 Å². The van der Waals surface area contributed by atoms with Gasteiger partial charge in [0.15, 0.2) is 0 Å². The molecule has 2 aromatic rings. The predicted octanol–water partition coefficient (Wildman–Crippen LogP) is 4.00. The summed E-state index contributed by atoms with van der Waals surface area (Å²) in [6.07, 6.45) is 0. The Morgan fingerprint density at radius 2 is 2.00 bits per heavy atom. The molecule has 20 heavy (non-hydrogen) atoms. The molecule has 0 fully saturated rings. The monoisotopic (exact) mass is 286 g/mol. The number of anilines is 1. The second-order valence-electron chi connectivity index (χ2n) is 4.87. The van der Waals surface area contributed by atoms with E-state index in [9.17, 15) is 0 Å². The number of aryl methyl sites for hydroxylation is 1. The highest BCUT2D eigenvalue weighted by Gasteiger charge is 2.27. The van der Waals surface area contributed by atoms with Crippen LogP contribution in [0, 0.1) is 12.3 Å². The molecule has 0 aliphatic carbocycles. The molecule has 0 amide bonds. The van der Waals surface area contributed by atoms with Gasteiger partial charge in [0.25, 0.3) is 0 Å². The first kappa shape index (κ1) is 13.0. The van der Waals surface area contributed by atoms with Gasteiger partial charge < -0.3 is 9.64 Å². The van der Waals surface area contributed by atoms with Crippen LogP contribution in [0.1, 0.15) is 16.7 Å². The van der Waals surface area contributed by atoms with E-state index in [2.05, 4.69) is 6.07 Å². The standard InChI is InChI=1S/C16H15ClN2O/c1-10-7-14(15(20-2)8-13(10)17)19-9-11-5-3-4-6-12(11)16(19)18/h3-8,18H,9H2,1-2H3. The van der Waals surface area contributed by atoms with Crippen molar-refractivity contribution < 1.29 is 4.74 Å². The summed E-state index contributed by atoms with van der Waals surface area (Å²) < 4.78 is 5.42. The van der Waals surface area contributed by atoms with Crippen molar-refractivity contribution in [2.24, 2.45) is 0 Å². The summed E-state index contributed by atoms with van der Waals surface area (Å²) >= 11 is 6.14. The van der Waals surface area contributed by atoms with Crippen LogP contribution in [0.5, 0.6) is 5.75 Å². The van der Waals surface area contributed by atoms with Crippen molar-refractivity contribution in [3.8, 4) is 5.75 Å². The lowest BCUT2D eigenvalue weighted by Crippen LogP contribution is -2.23. The van der Waals surface area contributed by atoms with E-state index in [0.29, 0.717) is 23.2 Å². The van der Waals surface area contributed by atoms with Gasteiger partial charge in [-0.1, -0.05) is 35.9 Å². The van der Waals surface area contributed by atoms with Crippen LogP contribution in [0.25, 0.3) is 0 Å². The number of rotatable bonds is 2. The number of nitrogens with zero attached hydrogens (tertiary/aromatic N) is 1. The lowest BCUT2D eigenvalue weighted by atomic mass is 10.1. The molecule has 1 aliphatic rings. The van der Waals surface area contributed by atoms with Gasteiger partial charge in [-0.2, -0.15) is 0 Å². The maximum absolute atomic E-state index is 8.36. The zero-order valence-corrected chi connectivity index (χ0v) is 12.2. The van der Waals surface area contributed by atoms with Gasteiger partial charge in [0, 0.05) is 16.7 Å². The molecule has 102 valence electrons. The number of methoxy groups -OCH3 is 1. The van der Waals surface area contributed by atoms with Gasteiger partial charge in [0.1, 0.15) is 11.6 Å². The highest BCUT2D eigenvalue weighted by Crippen LogP contribution is 2.37. The summed E-state index contributed by atoms with van der Waals surface area (Å²) in [6.45, 7) is 2.64. The molecular weight excluding hydrogens is 272 g/mol. The number of benzene rings is 2. The molecule has 1 aliphatic heterocycles. The van der Waals surface area contributed by atoms with Crippen LogP contribution in [0.4, 0.5) is 5.69 Å². The number of ether oxygens (including phenoxy) is 1. The summed E-state index contributed by atoms with van der Waals surface area (Å²) in [5.74, 6) is 1.19. The SMILES string of the molecule is COc1cc(Cl)c(C)cc1N1Cc2ccccc2C1=N. The molecule has 0 spiro atoms. The minimum Gasteiger partial charge on any atom is -0.495 e. The molecule has 0 radical (unpaired) electrons. The molecule has 3 nitrogen and oxygen atoms in total. The highest BCUT2D eigenvalue weighted by molar-refractivity contribution is 6.31. The van der Waals surface area contributed by atoms with E-state index < -0.39 is 0 Å². The van der Waals surface area contributed by atoms with Crippen LogP contribution in [0.3, 0.4) is 0 Å². The third-order valence-corrected chi connectivity index (χ3v) is 4.03. The molecular formula is C16H15ClN2O. The predicted molar refractivity (Wildman–Crippen MR) is 82.2 cm³/mol. The zero-order chi connectivity index (χ0) is 14.3. The van der Waals surface area contributed by atoms with Gasteiger partial charge in [0.05, 0.1) is 19.3 Å². The molecule has 0 saturated carbocycles. The molecule has 3 rings (SSSR count). The molecule has 0 atom stereocenters. The molecule has 2 aromatic carbocycles. The maximum Gasteiger partial charge on any atom is 0.144 e. The summed E-state index contributed by atoms with van der Waals surface area (Å²) in [5.41, 5.74) is 4.00. The van der Waals surface area contributed by atoms with Crippen LogP contribution in [-0.2, 0) is 6.54 Å². The number of halogens is 1. The fraction of sp³-hybridized carbons (Fsp3) is 0.188. The van der Waals surface area contributed by atoms with Crippen molar-refractivity contribution in [2.45, 2.75) is 13.5 Å². The molecule has 0 aromatic heterocycles. The van der Waals surface area contributed by atoms with Crippen LogP contribution in [0.2, 0.25) is 5.02 Å². The zero-order valence-electron chi connectivity index (χ0n) is 11.4. The average Bonchev–Trinajstić information content (AvgIpc) is 2.79. The number of hydrogen-bond acceptors (Lipinski definition) is 2. The Morgan fingerprint density at radius 3 is 2.70 bits per heavy atom. The first-order valence-electron chi connectivity index (χ1n) is 6.40. The van der Waals surface area contributed by atoms with E-state index in [1.54, 1.807) is 7.11 Å². The Bertz CT molecular complexity index is 697. The minimum absolute atomic E-state index is 0.501. The summed E-state index contributed by atoms with van der Waals surface area (Å²) in [5, 5.41) is 9.03. The fourth-order valence-corrected chi connectivity index (χ4v) is 2.67. The normalized spacial score (nSPS) is 13.6. The number of nitrogens with one attached hydrogen (secondary N) is 1. The average molecular weight is 287 g/mol. The molecule has 0 unspecified atom stereocenters. The summed E-state index contributed by atoms with van der Waals surface area (Å²) in [7, 11) is 1.62. The van der Waals surface area contributed by atoms with Crippen LogP contribution >= 0.6 is 11.6 Å². The van der Waals surface area contributed by atoms with E-state index in [1.807, 2.05) is 42.2 Å². The third-order valence-electron chi connectivity index (χ3n) is 3.62. The topological polar surface area (TPSA) is 36.3 Å². The van der Waals surface area contributed by atoms with E-state index >= 15 is 0 Å². The second-order valence-corrected chi connectivity index (χ2v) is 5.27.